The Morgan fingerprint density at radius 2 is 2.29 bits per heavy atom. The van der Waals surface area contributed by atoms with Crippen molar-refractivity contribution in [1.29, 1.82) is 0 Å². The third kappa shape index (κ3) is 3.61. The predicted molar refractivity (Wildman–Crippen MR) is 51.8 cm³/mol. The van der Waals surface area contributed by atoms with Crippen molar-refractivity contribution in [2.75, 3.05) is 26.9 Å². The van der Waals surface area contributed by atoms with Crippen molar-refractivity contribution in [2.24, 2.45) is 5.73 Å². The van der Waals surface area contributed by atoms with Gasteiger partial charge < -0.3 is 20.5 Å². The quantitative estimate of drug-likeness (QED) is 0.615. The van der Waals surface area contributed by atoms with E-state index in [2.05, 4.69) is 5.32 Å². The van der Waals surface area contributed by atoms with Gasteiger partial charge in [-0.15, -0.1) is 0 Å². The van der Waals surface area contributed by atoms with Gasteiger partial charge in [0, 0.05) is 13.2 Å². The second kappa shape index (κ2) is 5.95. The molecule has 0 aliphatic carbocycles. The Kier molecular flexibility index (Phi) is 4.86. The van der Waals surface area contributed by atoms with E-state index < -0.39 is 6.04 Å². The van der Waals surface area contributed by atoms with Crippen molar-refractivity contribution in [3.63, 3.8) is 0 Å². The summed E-state index contributed by atoms with van der Waals surface area (Å²) in [5, 5.41) is 2.81. The van der Waals surface area contributed by atoms with Crippen molar-refractivity contribution in [3.05, 3.63) is 0 Å². The third-order valence-electron chi connectivity index (χ3n) is 2.36. The van der Waals surface area contributed by atoms with Gasteiger partial charge in [0.2, 0.25) is 5.91 Å². The molecule has 1 aliphatic heterocycles. The Morgan fingerprint density at radius 3 is 2.79 bits per heavy atom. The summed E-state index contributed by atoms with van der Waals surface area (Å²) in [4.78, 5) is 10.9. The molecular formula is C9H18N2O3. The fourth-order valence-corrected chi connectivity index (χ4v) is 1.38. The summed E-state index contributed by atoms with van der Waals surface area (Å²) in [6.07, 6.45) is 2.00. The summed E-state index contributed by atoms with van der Waals surface area (Å²) < 4.78 is 10.7. The number of carbonyl (C=O) groups excluding carboxylic acids is 1. The van der Waals surface area contributed by atoms with E-state index in [-0.39, 0.29) is 12.0 Å². The van der Waals surface area contributed by atoms with Crippen LogP contribution in [0.5, 0.6) is 0 Å². The lowest BCUT2D eigenvalue weighted by atomic mass is 10.1. The molecule has 0 bridgehead atoms. The zero-order valence-corrected chi connectivity index (χ0v) is 8.49. The SMILES string of the molecule is CNC(COC1CCOCC1)C(N)=O. The molecule has 0 radical (unpaired) electrons. The minimum absolute atomic E-state index is 0.207. The maximum Gasteiger partial charge on any atom is 0.236 e. The highest BCUT2D eigenvalue weighted by Crippen LogP contribution is 2.10. The summed E-state index contributed by atoms with van der Waals surface area (Å²) in [6.45, 7) is 1.83. The van der Waals surface area contributed by atoms with Gasteiger partial charge in [-0.1, -0.05) is 0 Å². The number of nitrogens with two attached hydrogens (primary N) is 1. The maximum absolute atomic E-state index is 10.9. The summed E-state index contributed by atoms with van der Waals surface area (Å²) >= 11 is 0. The van der Waals surface area contributed by atoms with Crippen molar-refractivity contribution < 1.29 is 14.3 Å². The fourth-order valence-electron chi connectivity index (χ4n) is 1.38. The monoisotopic (exact) mass is 202 g/mol. The van der Waals surface area contributed by atoms with Gasteiger partial charge in [0.1, 0.15) is 6.04 Å². The third-order valence-corrected chi connectivity index (χ3v) is 2.36. The van der Waals surface area contributed by atoms with Crippen LogP contribution in [0.4, 0.5) is 0 Å². The van der Waals surface area contributed by atoms with Crippen LogP contribution in [0.25, 0.3) is 0 Å². The van der Waals surface area contributed by atoms with Crippen LogP contribution >= 0.6 is 0 Å². The molecule has 1 fully saturated rings. The molecule has 82 valence electrons. The topological polar surface area (TPSA) is 73.6 Å². The van der Waals surface area contributed by atoms with Gasteiger partial charge in [0.25, 0.3) is 0 Å². The van der Waals surface area contributed by atoms with E-state index in [0.29, 0.717) is 6.61 Å². The van der Waals surface area contributed by atoms with E-state index in [1.807, 2.05) is 0 Å². The van der Waals surface area contributed by atoms with Gasteiger partial charge in [-0.2, -0.15) is 0 Å². The van der Waals surface area contributed by atoms with E-state index in [0.717, 1.165) is 26.1 Å². The Bertz CT molecular complexity index is 181. The molecule has 5 nitrogen and oxygen atoms in total. The van der Waals surface area contributed by atoms with Crippen LogP contribution < -0.4 is 11.1 Å². The second-order valence-corrected chi connectivity index (χ2v) is 3.39. The number of rotatable bonds is 5. The normalized spacial score (nSPS) is 20.6. The molecular weight excluding hydrogens is 184 g/mol. The fraction of sp³-hybridized carbons (Fsp3) is 0.889. The molecule has 0 aromatic heterocycles. The number of amides is 1. The predicted octanol–water partition coefficient (Wildman–Crippen LogP) is -0.745. The van der Waals surface area contributed by atoms with Gasteiger partial charge in [0.05, 0.1) is 12.7 Å². The van der Waals surface area contributed by atoms with Crippen LogP contribution in [-0.4, -0.2) is 44.9 Å². The number of hydrogen-bond acceptors (Lipinski definition) is 4. The molecule has 1 saturated heterocycles. The van der Waals surface area contributed by atoms with E-state index >= 15 is 0 Å². The molecule has 1 heterocycles. The molecule has 0 aromatic rings. The molecule has 14 heavy (non-hydrogen) atoms. The zero-order chi connectivity index (χ0) is 10.4. The lowest BCUT2D eigenvalue weighted by Gasteiger charge is -2.24. The first-order valence-electron chi connectivity index (χ1n) is 4.90. The Morgan fingerprint density at radius 1 is 1.64 bits per heavy atom. The molecule has 3 N–H and O–H groups in total. The lowest BCUT2D eigenvalue weighted by Crippen LogP contribution is -2.44. The molecule has 1 unspecified atom stereocenters. The van der Waals surface area contributed by atoms with E-state index in [1.54, 1.807) is 7.05 Å². The minimum Gasteiger partial charge on any atom is -0.381 e. The largest absolute Gasteiger partial charge is 0.381 e. The van der Waals surface area contributed by atoms with E-state index in [9.17, 15) is 4.79 Å². The van der Waals surface area contributed by atoms with Crippen molar-refractivity contribution >= 4 is 5.91 Å². The lowest BCUT2D eigenvalue weighted by molar-refractivity contribution is -0.122. The van der Waals surface area contributed by atoms with Gasteiger partial charge >= 0.3 is 0 Å². The first-order valence-corrected chi connectivity index (χ1v) is 4.90. The molecule has 0 aromatic carbocycles. The van der Waals surface area contributed by atoms with Crippen LogP contribution in [0.2, 0.25) is 0 Å². The summed E-state index contributed by atoms with van der Waals surface area (Å²) in [7, 11) is 1.70. The van der Waals surface area contributed by atoms with Gasteiger partial charge in [0.15, 0.2) is 0 Å². The average Bonchev–Trinajstić information content (AvgIpc) is 2.20. The van der Waals surface area contributed by atoms with Crippen LogP contribution in [-0.2, 0) is 14.3 Å². The van der Waals surface area contributed by atoms with Gasteiger partial charge in [-0.05, 0) is 19.9 Å². The average molecular weight is 202 g/mol. The first kappa shape index (κ1) is 11.4. The Hall–Kier alpha value is -0.650. The summed E-state index contributed by atoms with van der Waals surface area (Å²) in [5.41, 5.74) is 5.16. The zero-order valence-electron chi connectivity index (χ0n) is 8.49. The molecule has 0 saturated carbocycles. The van der Waals surface area contributed by atoms with E-state index in [1.165, 1.54) is 0 Å². The van der Waals surface area contributed by atoms with Crippen molar-refractivity contribution in [3.8, 4) is 0 Å². The first-order chi connectivity index (χ1) is 6.74. The van der Waals surface area contributed by atoms with Crippen LogP contribution in [0.3, 0.4) is 0 Å². The molecule has 5 heteroatoms. The Labute approximate surface area is 83.9 Å². The molecule has 1 aliphatic rings. The summed E-state index contributed by atoms with van der Waals surface area (Å²) in [6, 6.07) is -0.391. The number of hydrogen-bond donors (Lipinski definition) is 2. The smallest absolute Gasteiger partial charge is 0.236 e. The molecule has 1 amide bonds. The molecule has 1 rings (SSSR count). The number of primary amides is 1. The molecule has 1 atom stereocenters. The number of ether oxygens (including phenoxy) is 2. The van der Waals surface area contributed by atoms with Crippen LogP contribution in [0, 0.1) is 0 Å². The Balaban J connectivity index is 2.20. The van der Waals surface area contributed by atoms with Gasteiger partial charge in [-0.3, -0.25) is 4.79 Å². The van der Waals surface area contributed by atoms with Crippen molar-refractivity contribution in [2.45, 2.75) is 25.0 Å². The molecule has 0 spiro atoms. The number of likely N-dealkylation sites (N-methyl/N-ethyl adjacent to an activating group) is 1. The summed E-state index contributed by atoms with van der Waals surface area (Å²) in [5.74, 6) is -0.375. The highest BCUT2D eigenvalue weighted by atomic mass is 16.5. The second-order valence-electron chi connectivity index (χ2n) is 3.39. The number of carbonyl (C=O) groups is 1. The minimum atomic E-state index is -0.391. The van der Waals surface area contributed by atoms with E-state index in [4.69, 9.17) is 15.2 Å². The van der Waals surface area contributed by atoms with Crippen LogP contribution in [0.15, 0.2) is 0 Å². The maximum atomic E-state index is 10.9. The number of nitrogens with one attached hydrogen (secondary N) is 1. The standard InChI is InChI=1S/C9H18N2O3/c1-11-8(9(10)12)6-14-7-2-4-13-5-3-7/h7-8,11H,2-6H2,1H3,(H2,10,12). The van der Waals surface area contributed by atoms with Gasteiger partial charge in [-0.25, -0.2) is 0 Å². The van der Waals surface area contributed by atoms with Crippen LogP contribution in [0.1, 0.15) is 12.8 Å². The highest BCUT2D eigenvalue weighted by Gasteiger charge is 2.18. The highest BCUT2D eigenvalue weighted by molar-refractivity contribution is 5.79. The van der Waals surface area contributed by atoms with Crippen molar-refractivity contribution in [1.82, 2.24) is 5.32 Å².